The van der Waals surface area contributed by atoms with Gasteiger partial charge in [0.25, 0.3) is 0 Å². The summed E-state index contributed by atoms with van der Waals surface area (Å²) in [5.41, 5.74) is 5.80. The Labute approximate surface area is 148 Å². The molecule has 0 fully saturated rings. The second-order valence-corrected chi connectivity index (χ2v) is 6.35. The van der Waals surface area contributed by atoms with Crippen molar-refractivity contribution in [2.24, 2.45) is 5.92 Å². The second-order valence-electron chi connectivity index (χ2n) is 6.35. The van der Waals surface area contributed by atoms with Crippen LogP contribution in [-0.2, 0) is 6.42 Å². The van der Waals surface area contributed by atoms with E-state index in [0.717, 1.165) is 23.1 Å². The van der Waals surface area contributed by atoms with Crippen LogP contribution < -0.4 is 0 Å². The van der Waals surface area contributed by atoms with Gasteiger partial charge in [-0.15, -0.1) is 0 Å². The minimum atomic E-state index is 0.276. The molecule has 0 aliphatic heterocycles. The van der Waals surface area contributed by atoms with Crippen molar-refractivity contribution in [2.75, 3.05) is 0 Å². The van der Waals surface area contributed by atoms with Gasteiger partial charge in [0, 0.05) is 11.5 Å². The number of benzene rings is 3. The lowest BCUT2D eigenvalue weighted by Gasteiger charge is -2.18. The van der Waals surface area contributed by atoms with E-state index in [2.05, 4.69) is 60.7 Å². The van der Waals surface area contributed by atoms with Crippen LogP contribution in [0.2, 0.25) is 0 Å². The average Bonchev–Trinajstić information content (AvgIpc) is 3.13. The molecule has 122 valence electrons. The van der Waals surface area contributed by atoms with Crippen molar-refractivity contribution in [2.45, 2.75) is 6.42 Å². The van der Waals surface area contributed by atoms with Crippen LogP contribution >= 0.6 is 0 Å². The van der Waals surface area contributed by atoms with Gasteiger partial charge in [-0.1, -0.05) is 91.0 Å². The first-order valence-corrected chi connectivity index (χ1v) is 8.63. The van der Waals surface area contributed by atoms with E-state index in [-0.39, 0.29) is 5.92 Å². The standard InChI is InChI=1S/C24H20O/c25-24-16-8-15-22(19-11-5-2-6-12-19)23(24)17-20-13-7-14-21(20)18-9-3-1-4-10-18/h1-16,20,25H,17H2. The maximum absolute atomic E-state index is 10.5. The van der Waals surface area contributed by atoms with Crippen LogP contribution in [0.1, 0.15) is 11.1 Å². The van der Waals surface area contributed by atoms with E-state index < -0.39 is 0 Å². The Kier molecular flexibility index (Phi) is 4.22. The van der Waals surface area contributed by atoms with E-state index in [9.17, 15) is 5.11 Å². The smallest absolute Gasteiger partial charge is 0.119 e. The molecule has 1 atom stereocenters. The van der Waals surface area contributed by atoms with Gasteiger partial charge in [0.15, 0.2) is 0 Å². The number of phenols is 1. The van der Waals surface area contributed by atoms with Crippen LogP contribution in [0.15, 0.2) is 97.1 Å². The van der Waals surface area contributed by atoms with E-state index in [4.69, 9.17) is 0 Å². The molecule has 3 aromatic rings. The molecule has 1 aliphatic rings. The highest BCUT2D eigenvalue weighted by Crippen LogP contribution is 2.37. The number of hydrogen-bond donors (Lipinski definition) is 1. The third-order valence-electron chi connectivity index (χ3n) is 4.79. The first kappa shape index (κ1) is 15.5. The predicted octanol–water partition coefficient (Wildman–Crippen LogP) is 5.87. The number of phenolic OH excluding ortho intramolecular Hbond substituents is 1. The molecule has 0 spiro atoms. The van der Waals surface area contributed by atoms with Crippen molar-refractivity contribution < 1.29 is 5.11 Å². The zero-order valence-corrected chi connectivity index (χ0v) is 14.0. The summed E-state index contributed by atoms with van der Waals surface area (Å²) in [5, 5.41) is 10.5. The molecule has 1 nitrogen and oxygen atoms in total. The Morgan fingerprint density at radius 2 is 1.40 bits per heavy atom. The largest absolute Gasteiger partial charge is 0.508 e. The highest BCUT2D eigenvalue weighted by molar-refractivity contribution is 5.75. The third-order valence-corrected chi connectivity index (χ3v) is 4.79. The van der Waals surface area contributed by atoms with Crippen molar-refractivity contribution in [1.29, 1.82) is 0 Å². The Bertz CT molecular complexity index is 921. The van der Waals surface area contributed by atoms with Gasteiger partial charge >= 0.3 is 0 Å². The molecule has 0 aromatic heterocycles. The Balaban J connectivity index is 1.70. The van der Waals surface area contributed by atoms with Gasteiger partial charge in [-0.3, -0.25) is 0 Å². The lowest BCUT2D eigenvalue weighted by atomic mass is 9.86. The average molecular weight is 324 g/mol. The summed E-state index contributed by atoms with van der Waals surface area (Å²) in [5.74, 6) is 0.646. The van der Waals surface area contributed by atoms with Crippen molar-refractivity contribution in [3.63, 3.8) is 0 Å². The molecule has 0 bridgehead atoms. The molecule has 0 saturated carbocycles. The van der Waals surface area contributed by atoms with Crippen LogP contribution in [0.25, 0.3) is 16.7 Å². The zero-order valence-electron chi connectivity index (χ0n) is 14.0. The Hall–Kier alpha value is -3.06. The zero-order chi connectivity index (χ0) is 17.1. The molecule has 1 N–H and O–H groups in total. The van der Waals surface area contributed by atoms with E-state index in [1.165, 1.54) is 11.1 Å². The maximum Gasteiger partial charge on any atom is 0.119 e. The molecule has 0 radical (unpaired) electrons. The molecular weight excluding hydrogens is 304 g/mol. The van der Waals surface area contributed by atoms with Gasteiger partial charge in [-0.2, -0.15) is 0 Å². The fourth-order valence-corrected chi connectivity index (χ4v) is 3.54. The van der Waals surface area contributed by atoms with E-state index in [1.807, 2.05) is 30.3 Å². The van der Waals surface area contributed by atoms with E-state index in [0.29, 0.717) is 5.75 Å². The fraction of sp³-hybridized carbons (Fsp3) is 0.0833. The van der Waals surface area contributed by atoms with Gasteiger partial charge in [0.1, 0.15) is 5.75 Å². The van der Waals surface area contributed by atoms with Crippen molar-refractivity contribution in [3.05, 3.63) is 108 Å². The summed E-state index contributed by atoms with van der Waals surface area (Å²) in [4.78, 5) is 0. The molecule has 1 unspecified atom stereocenters. The van der Waals surface area contributed by atoms with Gasteiger partial charge in [0.2, 0.25) is 0 Å². The van der Waals surface area contributed by atoms with Crippen LogP contribution in [0.4, 0.5) is 0 Å². The predicted molar refractivity (Wildman–Crippen MR) is 104 cm³/mol. The molecule has 0 heterocycles. The molecule has 1 aliphatic carbocycles. The molecular formula is C24H20O. The van der Waals surface area contributed by atoms with Gasteiger partial charge in [-0.05, 0) is 34.8 Å². The SMILES string of the molecule is Oc1cccc(-c2ccccc2)c1CC1C=CC=C1c1ccccc1. The van der Waals surface area contributed by atoms with Gasteiger partial charge < -0.3 is 5.11 Å². The quantitative estimate of drug-likeness (QED) is 0.636. The summed E-state index contributed by atoms with van der Waals surface area (Å²) < 4.78 is 0. The number of allylic oxidation sites excluding steroid dienone is 4. The lowest BCUT2D eigenvalue weighted by molar-refractivity contribution is 0.467. The van der Waals surface area contributed by atoms with Crippen LogP contribution in [0.5, 0.6) is 5.75 Å². The van der Waals surface area contributed by atoms with E-state index in [1.54, 1.807) is 6.07 Å². The topological polar surface area (TPSA) is 20.2 Å². The Morgan fingerprint density at radius 1 is 0.720 bits per heavy atom. The van der Waals surface area contributed by atoms with Crippen LogP contribution in [0.3, 0.4) is 0 Å². The number of hydrogen-bond acceptors (Lipinski definition) is 1. The van der Waals surface area contributed by atoms with Crippen LogP contribution in [-0.4, -0.2) is 5.11 Å². The first-order chi connectivity index (χ1) is 12.3. The summed E-state index contributed by atoms with van der Waals surface area (Å²) in [6, 6.07) is 26.5. The van der Waals surface area contributed by atoms with Crippen LogP contribution in [0, 0.1) is 5.92 Å². The summed E-state index contributed by atoms with van der Waals surface area (Å²) in [7, 11) is 0. The lowest BCUT2D eigenvalue weighted by Crippen LogP contribution is -2.04. The fourth-order valence-electron chi connectivity index (χ4n) is 3.54. The minimum absolute atomic E-state index is 0.276. The first-order valence-electron chi connectivity index (χ1n) is 8.63. The normalized spacial score (nSPS) is 16.0. The van der Waals surface area contributed by atoms with Gasteiger partial charge in [0.05, 0.1) is 0 Å². The second kappa shape index (κ2) is 6.82. The maximum atomic E-state index is 10.5. The molecule has 4 rings (SSSR count). The number of aromatic hydroxyl groups is 1. The molecule has 25 heavy (non-hydrogen) atoms. The summed E-state index contributed by atoms with van der Waals surface area (Å²) in [6.45, 7) is 0. The Morgan fingerprint density at radius 3 is 2.12 bits per heavy atom. The highest BCUT2D eigenvalue weighted by atomic mass is 16.3. The summed E-state index contributed by atoms with van der Waals surface area (Å²) >= 11 is 0. The number of rotatable bonds is 4. The monoisotopic (exact) mass is 324 g/mol. The minimum Gasteiger partial charge on any atom is -0.508 e. The summed E-state index contributed by atoms with van der Waals surface area (Å²) in [6.07, 6.45) is 7.31. The molecule has 3 aromatic carbocycles. The van der Waals surface area contributed by atoms with Crippen molar-refractivity contribution >= 4 is 5.57 Å². The third kappa shape index (κ3) is 3.14. The molecule has 0 amide bonds. The molecule has 0 saturated heterocycles. The van der Waals surface area contributed by atoms with E-state index >= 15 is 0 Å². The van der Waals surface area contributed by atoms with Crippen molar-refractivity contribution in [3.8, 4) is 16.9 Å². The highest BCUT2D eigenvalue weighted by Gasteiger charge is 2.20. The van der Waals surface area contributed by atoms with Crippen molar-refractivity contribution in [1.82, 2.24) is 0 Å². The van der Waals surface area contributed by atoms with Gasteiger partial charge in [-0.25, -0.2) is 0 Å². The molecule has 1 heteroatoms.